The molecular formula is C25H27N3O5S. The summed E-state index contributed by atoms with van der Waals surface area (Å²) in [4.78, 5) is 16.7. The Morgan fingerprint density at radius 2 is 1.53 bits per heavy atom. The smallest absolute Gasteiger partial charge is 0.261 e. The monoisotopic (exact) mass is 481 g/mol. The molecule has 0 radical (unpaired) electrons. The summed E-state index contributed by atoms with van der Waals surface area (Å²) < 4.78 is 38.6. The van der Waals surface area contributed by atoms with Gasteiger partial charge in [-0.15, -0.1) is 0 Å². The quantitative estimate of drug-likeness (QED) is 0.532. The maximum absolute atomic E-state index is 12.6. The minimum Gasteiger partial charge on any atom is -0.495 e. The van der Waals surface area contributed by atoms with Crippen molar-refractivity contribution < 1.29 is 22.7 Å². The number of hydrogen-bond donors (Lipinski definition) is 1. The highest BCUT2D eigenvalue weighted by Gasteiger charge is 2.23. The van der Waals surface area contributed by atoms with Gasteiger partial charge >= 0.3 is 0 Å². The van der Waals surface area contributed by atoms with Gasteiger partial charge in [-0.05, 0) is 48.5 Å². The molecule has 8 nitrogen and oxygen atoms in total. The summed E-state index contributed by atoms with van der Waals surface area (Å²) in [6.07, 6.45) is 0. The number of carbonyl (C=O) groups excluding carboxylic acids is 1. The van der Waals surface area contributed by atoms with Crippen molar-refractivity contribution >= 4 is 27.3 Å². The van der Waals surface area contributed by atoms with Crippen molar-refractivity contribution in [2.24, 2.45) is 0 Å². The maximum atomic E-state index is 12.6. The van der Waals surface area contributed by atoms with Crippen LogP contribution in [-0.2, 0) is 14.8 Å². The van der Waals surface area contributed by atoms with E-state index in [1.807, 2.05) is 30.3 Å². The van der Waals surface area contributed by atoms with E-state index in [-0.39, 0.29) is 17.4 Å². The molecule has 34 heavy (non-hydrogen) atoms. The Morgan fingerprint density at radius 1 is 0.882 bits per heavy atom. The molecule has 0 bridgehead atoms. The topological polar surface area (TPSA) is 88.2 Å². The number of methoxy groups -OCH3 is 1. The van der Waals surface area contributed by atoms with E-state index in [1.54, 1.807) is 48.4 Å². The third-order valence-electron chi connectivity index (χ3n) is 5.58. The van der Waals surface area contributed by atoms with Crippen molar-refractivity contribution in [1.82, 2.24) is 4.90 Å². The van der Waals surface area contributed by atoms with Gasteiger partial charge in [-0.2, -0.15) is 0 Å². The predicted molar refractivity (Wildman–Crippen MR) is 131 cm³/mol. The number of benzene rings is 3. The van der Waals surface area contributed by atoms with Crippen LogP contribution < -0.4 is 19.1 Å². The van der Waals surface area contributed by atoms with Crippen LogP contribution in [-0.4, -0.2) is 59.1 Å². The van der Waals surface area contributed by atoms with Gasteiger partial charge in [-0.3, -0.25) is 9.52 Å². The zero-order chi connectivity index (χ0) is 24.0. The molecule has 1 aliphatic heterocycles. The van der Waals surface area contributed by atoms with Gasteiger partial charge in [0.05, 0.1) is 17.7 Å². The SMILES string of the molecule is COc1ccccc1N1CCN(C(=O)COc2ccc(S(=O)(=O)Nc3ccccc3)cc2)CC1. The van der Waals surface area contributed by atoms with Crippen LogP contribution in [0.3, 0.4) is 0 Å². The van der Waals surface area contributed by atoms with Crippen LogP contribution in [0.25, 0.3) is 0 Å². The number of carbonyl (C=O) groups is 1. The number of hydrogen-bond acceptors (Lipinski definition) is 6. The van der Waals surface area contributed by atoms with E-state index in [9.17, 15) is 13.2 Å². The van der Waals surface area contributed by atoms with Crippen molar-refractivity contribution in [3.8, 4) is 11.5 Å². The van der Waals surface area contributed by atoms with Gasteiger partial charge < -0.3 is 19.3 Å². The Bertz CT molecular complexity index is 1210. The number of nitrogens with zero attached hydrogens (tertiary/aromatic N) is 2. The molecule has 3 aromatic carbocycles. The molecular weight excluding hydrogens is 454 g/mol. The van der Waals surface area contributed by atoms with E-state index >= 15 is 0 Å². The van der Waals surface area contributed by atoms with Gasteiger partial charge in [-0.25, -0.2) is 8.42 Å². The molecule has 178 valence electrons. The molecule has 0 saturated carbocycles. The van der Waals surface area contributed by atoms with Gasteiger partial charge in [0.1, 0.15) is 11.5 Å². The number of nitrogens with one attached hydrogen (secondary N) is 1. The van der Waals surface area contributed by atoms with Crippen LogP contribution in [0, 0.1) is 0 Å². The summed E-state index contributed by atoms with van der Waals surface area (Å²) in [5, 5.41) is 0. The number of piperazine rings is 1. The normalized spacial score (nSPS) is 13.9. The standard InChI is InChI=1S/C25H27N3O5S/c1-32-24-10-6-5-9-23(24)27-15-17-28(18-16-27)25(29)19-33-21-11-13-22(14-12-21)34(30,31)26-20-7-3-2-4-8-20/h2-14,26H,15-19H2,1H3. The zero-order valence-corrected chi connectivity index (χ0v) is 19.7. The second-order valence-corrected chi connectivity index (χ2v) is 9.45. The lowest BCUT2D eigenvalue weighted by atomic mass is 10.2. The first-order valence-corrected chi connectivity index (χ1v) is 12.4. The Labute approximate surface area is 199 Å². The molecule has 1 fully saturated rings. The van der Waals surface area contributed by atoms with Crippen molar-refractivity contribution in [3.63, 3.8) is 0 Å². The molecule has 0 spiro atoms. The van der Waals surface area contributed by atoms with Crippen LogP contribution in [0.1, 0.15) is 0 Å². The number of anilines is 2. The predicted octanol–water partition coefficient (Wildman–Crippen LogP) is 3.22. The first-order valence-electron chi connectivity index (χ1n) is 10.9. The van der Waals surface area contributed by atoms with E-state index in [0.29, 0.717) is 37.6 Å². The first-order chi connectivity index (χ1) is 16.5. The van der Waals surface area contributed by atoms with Crippen LogP contribution in [0.5, 0.6) is 11.5 Å². The fraction of sp³-hybridized carbons (Fsp3) is 0.240. The number of amides is 1. The van der Waals surface area contributed by atoms with Gasteiger partial charge in [0.15, 0.2) is 6.61 Å². The van der Waals surface area contributed by atoms with E-state index < -0.39 is 10.0 Å². The molecule has 9 heteroatoms. The lowest BCUT2D eigenvalue weighted by Crippen LogP contribution is -2.50. The highest BCUT2D eigenvalue weighted by molar-refractivity contribution is 7.92. The summed E-state index contributed by atoms with van der Waals surface area (Å²) in [6, 6.07) is 22.5. The van der Waals surface area contributed by atoms with Gasteiger partial charge in [0, 0.05) is 31.9 Å². The largest absolute Gasteiger partial charge is 0.495 e. The maximum Gasteiger partial charge on any atom is 0.261 e. The second kappa shape index (κ2) is 10.5. The van der Waals surface area contributed by atoms with Gasteiger partial charge in [0.2, 0.25) is 0 Å². The van der Waals surface area contributed by atoms with E-state index in [2.05, 4.69) is 9.62 Å². The molecule has 1 heterocycles. The molecule has 3 aromatic rings. The number of ether oxygens (including phenoxy) is 2. The number of sulfonamides is 1. The molecule has 0 atom stereocenters. The minimum atomic E-state index is -3.71. The zero-order valence-electron chi connectivity index (χ0n) is 18.9. The van der Waals surface area contributed by atoms with Crippen LogP contribution in [0.2, 0.25) is 0 Å². The first kappa shape index (κ1) is 23.4. The Hall–Kier alpha value is -3.72. The molecule has 1 saturated heterocycles. The third kappa shape index (κ3) is 5.60. The molecule has 4 rings (SSSR count). The lowest BCUT2D eigenvalue weighted by molar-refractivity contribution is -0.133. The van der Waals surface area contributed by atoms with Crippen LogP contribution in [0.15, 0.2) is 83.8 Å². The highest BCUT2D eigenvalue weighted by Crippen LogP contribution is 2.28. The van der Waals surface area contributed by atoms with E-state index in [0.717, 1.165) is 11.4 Å². The van der Waals surface area contributed by atoms with Crippen molar-refractivity contribution in [3.05, 3.63) is 78.9 Å². The lowest BCUT2D eigenvalue weighted by Gasteiger charge is -2.36. The Kier molecular flexibility index (Phi) is 7.22. The number of rotatable bonds is 8. The summed E-state index contributed by atoms with van der Waals surface area (Å²) in [6.45, 7) is 2.47. The molecule has 0 aromatic heterocycles. The summed E-state index contributed by atoms with van der Waals surface area (Å²) in [5.41, 5.74) is 1.50. The summed E-state index contributed by atoms with van der Waals surface area (Å²) in [5.74, 6) is 1.14. The average molecular weight is 482 g/mol. The van der Waals surface area contributed by atoms with Crippen molar-refractivity contribution in [1.29, 1.82) is 0 Å². The van der Waals surface area contributed by atoms with Crippen molar-refractivity contribution in [2.45, 2.75) is 4.90 Å². The number of para-hydroxylation sites is 3. The molecule has 1 N–H and O–H groups in total. The average Bonchev–Trinajstić information content (AvgIpc) is 2.88. The third-order valence-corrected chi connectivity index (χ3v) is 6.98. The van der Waals surface area contributed by atoms with E-state index in [4.69, 9.17) is 9.47 Å². The fourth-order valence-electron chi connectivity index (χ4n) is 3.76. The molecule has 0 aliphatic carbocycles. The van der Waals surface area contributed by atoms with Gasteiger partial charge in [0.25, 0.3) is 15.9 Å². The highest BCUT2D eigenvalue weighted by atomic mass is 32.2. The van der Waals surface area contributed by atoms with Crippen LogP contribution >= 0.6 is 0 Å². The van der Waals surface area contributed by atoms with E-state index in [1.165, 1.54) is 12.1 Å². The second-order valence-electron chi connectivity index (χ2n) is 7.77. The minimum absolute atomic E-state index is 0.108. The van der Waals surface area contributed by atoms with Crippen LogP contribution in [0.4, 0.5) is 11.4 Å². The van der Waals surface area contributed by atoms with Crippen molar-refractivity contribution in [2.75, 3.05) is 49.5 Å². The van der Waals surface area contributed by atoms with Gasteiger partial charge in [-0.1, -0.05) is 30.3 Å². The fourth-order valence-corrected chi connectivity index (χ4v) is 4.82. The molecule has 1 aliphatic rings. The Morgan fingerprint density at radius 3 is 2.21 bits per heavy atom. The summed E-state index contributed by atoms with van der Waals surface area (Å²) in [7, 11) is -2.06. The summed E-state index contributed by atoms with van der Waals surface area (Å²) >= 11 is 0. The Balaban J connectivity index is 1.28. The molecule has 1 amide bonds. The molecule has 0 unspecified atom stereocenters.